The van der Waals surface area contributed by atoms with Crippen molar-refractivity contribution in [2.75, 3.05) is 7.11 Å². The van der Waals surface area contributed by atoms with Crippen molar-refractivity contribution in [3.8, 4) is 28.3 Å². The zero-order chi connectivity index (χ0) is 20.8. The van der Waals surface area contributed by atoms with Gasteiger partial charge < -0.3 is 9.15 Å². The summed E-state index contributed by atoms with van der Waals surface area (Å²) < 4.78 is 12.6. The molecule has 148 valence electrons. The normalized spacial score (nSPS) is 11.3. The largest absolute Gasteiger partial charge is 0.494 e. The van der Waals surface area contributed by atoms with Gasteiger partial charge in [0.25, 0.3) is 5.56 Å². The topological polar surface area (TPSA) is 85.4 Å². The minimum Gasteiger partial charge on any atom is -0.494 e. The lowest BCUT2D eigenvalue weighted by atomic mass is 10.1. The molecule has 30 heavy (non-hydrogen) atoms. The molecule has 0 saturated carbocycles. The summed E-state index contributed by atoms with van der Waals surface area (Å²) in [5.74, 6) is 0.782. The first-order chi connectivity index (χ1) is 14.6. The fraction of sp³-hybridized carbons (Fsp3) is 0.0870. The van der Waals surface area contributed by atoms with E-state index in [1.54, 1.807) is 32.2 Å². The number of aromatic amines is 1. The Bertz CT molecular complexity index is 1480. The minimum absolute atomic E-state index is 0.204. The minimum atomic E-state index is -0.298. The van der Waals surface area contributed by atoms with Crippen molar-refractivity contribution in [3.05, 3.63) is 76.9 Å². The molecule has 5 rings (SSSR count). The number of benzene rings is 2. The number of fused-ring (bicyclic) bond motifs is 2. The number of rotatable bonds is 4. The Hall–Kier alpha value is -4.13. The standard InChI is InChI=1S/C23H18N4O3/c1-4-15-19(14-9-6-5-7-10-14)21-24-13(2)18(23(28)27(21)26-15)22-25-20-16(29-3)11-8-12-17(20)30-22/h4-12,26H,1H2,2-3H3. The van der Waals surface area contributed by atoms with E-state index in [1.807, 2.05) is 36.4 Å². The van der Waals surface area contributed by atoms with Crippen LogP contribution in [0.2, 0.25) is 0 Å². The van der Waals surface area contributed by atoms with E-state index in [0.29, 0.717) is 39.4 Å². The van der Waals surface area contributed by atoms with Crippen LogP contribution in [-0.4, -0.2) is 26.7 Å². The number of aryl methyl sites for hydroxylation is 1. The number of nitrogens with zero attached hydrogens (tertiary/aromatic N) is 3. The summed E-state index contributed by atoms with van der Waals surface area (Å²) in [4.78, 5) is 22.7. The van der Waals surface area contributed by atoms with Gasteiger partial charge >= 0.3 is 0 Å². The van der Waals surface area contributed by atoms with Crippen LogP contribution in [0.5, 0.6) is 5.75 Å². The zero-order valence-electron chi connectivity index (χ0n) is 16.5. The highest BCUT2D eigenvalue weighted by molar-refractivity contribution is 5.86. The Labute approximate surface area is 171 Å². The van der Waals surface area contributed by atoms with Crippen LogP contribution in [-0.2, 0) is 0 Å². The number of nitrogens with one attached hydrogen (secondary N) is 1. The van der Waals surface area contributed by atoms with Crippen LogP contribution in [0, 0.1) is 6.92 Å². The summed E-state index contributed by atoms with van der Waals surface area (Å²) in [5.41, 5.74) is 4.61. The monoisotopic (exact) mass is 398 g/mol. The van der Waals surface area contributed by atoms with Gasteiger partial charge in [-0.15, -0.1) is 0 Å². The highest BCUT2D eigenvalue weighted by Gasteiger charge is 2.22. The number of ether oxygens (including phenoxy) is 1. The molecule has 0 fully saturated rings. The lowest BCUT2D eigenvalue weighted by Crippen LogP contribution is -2.19. The van der Waals surface area contributed by atoms with Crippen molar-refractivity contribution in [2.24, 2.45) is 0 Å². The number of hydrogen-bond acceptors (Lipinski definition) is 5. The van der Waals surface area contributed by atoms with Gasteiger partial charge in [0.15, 0.2) is 16.7 Å². The molecule has 3 aromatic heterocycles. The summed E-state index contributed by atoms with van der Waals surface area (Å²) in [7, 11) is 1.57. The molecule has 5 aromatic rings. The van der Waals surface area contributed by atoms with Crippen molar-refractivity contribution in [3.63, 3.8) is 0 Å². The second-order valence-corrected chi connectivity index (χ2v) is 6.83. The first kappa shape index (κ1) is 17.9. The molecule has 0 saturated heterocycles. The summed E-state index contributed by atoms with van der Waals surface area (Å²) in [6.07, 6.45) is 1.68. The van der Waals surface area contributed by atoms with Crippen LogP contribution in [0.15, 0.2) is 64.3 Å². The van der Waals surface area contributed by atoms with Gasteiger partial charge in [0.05, 0.1) is 24.1 Å². The second-order valence-electron chi connectivity index (χ2n) is 6.83. The van der Waals surface area contributed by atoms with Gasteiger partial charge in [0.2, 0.25) is 5.89 Å². The lowest BCUT2D eigenvalue weighted by Gasteiger charge is -2.04. The van der Waals surface area contributed by atoms with E-state index in [9.17, 15) is 4.79 Å². The van der Waals surface area contributed by atoms with Gasteiger partial charge in [-0.05, 0) is 30.7 Å². The Balaban J connectivity index is 1.80. The van der Waals surface area contributed by atoms with E-state index in [-0.39, 0.29) is 11.4 Å². The third-order valence-corrected chi connectivity index (χ3v) is 5.07. The summed E-state index contributed by atoms with van der Waals surface area (Å²) >= 11 is 0. The van der Waals surface area contributed by atoms with Crippen molar-refractivity contribution in [1.82, 2.24) is 19.6 Å². The van der Waals surface area contributed by atoms with E-state index < -0.39 is 0 Å². The van der Waals surface area contributed by atoms with Crippen LogP contribution in [0.25, 0.3) is 45.4 Å². The van der Waals surface area contributed by atoms with Gasteiger partial charge in [-0.1, -0.05) is 43.0 Å². The molecule has 0 aliphatic heterocycles. The van der Waals surface area contributed by atoms with E-state index >= 15 is 0 Å². The number of oxazole rings is 1. The van der Waals surface area contributed by atoms with Crippen LogP contribution in [0.1, 0.15) is 11.4 Å². The van der Waals surface area contributed by atoms with E-state index in [1.165, 1.54) is 4.52 Å². The van der Waals surface area contributed by atoms with Crippen LogP contribution in [0.3, 0.4) is 0 Å². The SMILES string of the molecule is C=Cc1[nH]n2c(=O)c(-c3nc4c(OC)cccc4o3)c(C)nc2c1-c1ccccc1. The van der Waals surface area contributed by atoms with Crippen molar-refractivity contribution in [2.45, 2.75) is 6.92 Å². The molecule has 0 unspecified atom stereocenters. The lowest BCUT2D eigenvalue weighted by molar-refractivity contribution is 0.419. The molecule has 0 radical (unpaired) electrons. The third kappa shape index (κ3) is 2.56. The van der Waals surface area contributed by atoms with Gasteiger partial charge in [-0.25, -0.2) is 9.97 Å². The molecule has 0 amide bonds. The summed E-state index contributed by atoms with van der Waals surface area (Å²) in [6, 6.07) is 15.2. The van der Waals surface area contributed by atoms with E-state index in [4.69, 9.17) is 14.1 Å². The first-order valence-corrected chi connectivity index (χ1v) is 9.39. The molecule has 0 atom stereocenters. The third-order valence-electron chi connectivity index (χ3n) is 5.07. The predicted molar refractivity (Wildman–Crippen MR) is 116 cm³/mol. The Morgan fingerprint density at radius 2 is 1.90 bits per heavy atom. The quantitative estimate of drug-likeness (QED) is 0.483. The Kier molecular flexibility index (Phi) is 4.03. The zero-order valence-corrected chi connectivity index (χ0v) is 16.5. The molecule has 0 bridgehead atoms. The molecule has 0 aliphatic carbocycles. The van der Waals surface area contributed by atoms with Gasteiger partial charge in [-0.2, -0.15) is 4.52 Å². The van der Waals surface area contributed by atoms with Gasteiger partial charge in [-0.3, -0.25) is 9.89 Å². The van der Waals surface area contributed by atoms with Gasteiger partial charge in [0.1, 0.15) is 11.3 Å². The average Bonchev–Trinajstić information content (AvgIpc) is 3.35. The number of methoxy groups -OCH3 is 1. The molecule has 3 heterocycles. The molecule has 0 spiro atoms. The highest BCUT2D eigenvalue weighted by Crippen LogP contribution is 2.32. The number of H-pyrrole nitrogens is 1. The molecule has 7 heteroatoms. The Morgan fingerprint density at radius 1 is 1.10 bits per heavy atom. The van der Waals surface area contributed by atoms with Crippen LogP contribution >= 0.6 is 0 Å². The molecule has 1 N–H and O–H groups in total. The highest BCUT2D eigenvalue weighted by atomic mass is 16.5. The van der Waals surface area contributed by atoms with Gasteiger partial charge in [0, 0.05) is 0 Å². The molecule has 0 aliphatic rings. The molecular formula is C23H18N4O3. The maximum atomic E-state index is 13.4. The van der Waals surface area contributed by atoms with Crippen molar-refractivity contribution < 1.29 is 9.15 Å². The van der Waals surface area contributed by atoms with E-state index in [2.05, 4.69) is 16.7 Å². The summed E-state index contributed by atoms with van der Waals surface area (Å²) in [5, 5.41) is 3.10. The number of aromatic nitrogens is 4. The maximum Gasteiger partial charge on any atom is 0.285 e. The van der Waals surface area contributed by atoms with Crippen molar-refractivity contribution >= 4 is 22.8 Å². The van der Waals surface area contributed by atoms with E-state index in [0.717, 1.165) is 11.1 Å². The van der Waals surface area contributed by atoms with Crippen LogP contribution < -0.4 is 10.3 Å². The Morgan fingerprint density at radius 3 is 2.63 bits per heavy atom. The average molecular weight is 398 g/mol. The fourth-order valence-corrected chi connectivity index (χ4v) is 3.67. The van der Waals surface area contributed by atoms with Crippen molar-refractivity contribution in [1.29, 1.82) is 0 Å². The first-order valence-electron chi connectivity index (χ1n) is 9.39. The second kappa shape index (κ2) is 6.73. The number of hydrogen-bond donors (Lipinski definition) is 1. The smallest absolute Gasteiger partial charge is 0.285 e. The molecule has 7 nitrogen and oxygen atoms in total. The summed E-state index contributed by atoms with van der Waals surface area (Å²) in [6.45, 7) is 5.65. The molecule has 2 aromatic carbocycles. The maximum absolute atomic E-state index is 13.4. The number of para-hydroxylation sites is 1. The predicted octanol–water partition coefficient (Wildman–Crippen LogP) is 4.46. The fourth-order valence-electron chi connectivity index (χ4n) is 3.67. The molecular weight excluding hydrogens is 380 g/mol. The van der Waals surface area contributed by atoms with Crippen LogP contribution in [0.4, 0.5) is 0 Å².